The summed E-state index contributed by atoms with van der Waals surface area (Å²) in [6, 6.07) is 2.33. The summed E-state index contributed by atoms with van der Waals surface area (Å²) in [6.07, 6.45) is -4.69. The van der Waals surface area contributed by atoms with Crippen LogP contribution in [0.3, 0.4) is 0 Å². The summed E-state index contributed by atoms with van der Waals surface area (Å²) in [5.41, 5.74) is -4.87. The zero-order chi connectivity index (χ0) is 21.4. The van der Waals surface area contributed by atoms with Crippen molar-refractivity contribution in [2.24, 2.45) is 0 Å². The highest BCUT2D eigenvalue weighted by Gasteiger charge is 2.34. The molecule has 0 saturated heterocycles. The van der Waals surface area contributed by atoms with E-state index in [9.17, 15) is 43.5 Å². The topological polar surface area (TPSA) is 141 Å². The number of halogens is 5. The molecule has 0 fully saturated rings. The summed E-state index contributed by atoms with van der Waals surface area (Å²) in [5.74, 6) is 0. The number of nitrogens with one attached hydrogen (secondary N) is 1. The third-order valence-electron chi connectivity index (χ3n) is 3.31. The summed E-state index contributed by atoms with van der Waals surface area (Å²) >= 11 is 5.74. The van der Waals surface area contributed by atoms with Crippen LogP contribution in [0.5, 0.6) is 0 Å². The Hall–Kier alpha value is -2.81. The van der Waals surface area contributed by atoms with Gasteiger partial charge in [0, 0.05) is 8.95 Å². The van der Waals surface area contributed by atoms with Crippen LogP contribution in [-0.2, 0) is 6.18 Å². The molecule has 0 radical (unpaired) electrons. The minimum atomic E-state index is -4.69. The fraction of sp³-hybridized carbons (Fsp3) is 0.0769. The molecule has 15 heteroatoms. The van der Waals surface area contributed by atoms with Gasteiger partial charge in [0.05, 0.1) is 38.2 Å². The lowest BCUT2D eigenvalue weighted by Crippen LogP contribution is -2.07. The van der Waals surface area contributed by atoms with Crippen LogP contribution in [0.4, 0.5) is 41.6 Å². The normalized spacial score (nSPS) is 11.2. The smallest absolute Gasteiger partial charge is 0.342 e. The molecule has 0 saturated carbocycles. The van der Waals surface area contributed by atoms with Crippen molar-refractivity contribution >= 4 is 60.3 Å². The van der Waals surface area contributed by atoms with Gasteiger partial charge >= 0.3 is 17.6 Å². The molecule has 0 bridgehead atoms. The number of hydrogen-bond acceptors (Lipinski definition) is 7. The number of nitro groups is 3. The number of hydrogen-bond donors (Lipinski definition) is 1. The molecule has 0 amide bonds. The van der Waals surface area contributed by atoms with Crippen LogP contribution < -0.4 is 5.32 Å². The molecule has 148 valence electrons. The van der Waals surface area contributed by atoms with Crippen molar-refractivity contribution in [3.63, 3.8) is 0 Å². The minimum Gasteiger partial charge on any atom is -0.342 e. The van der Waals surface area contributed by atoms with Crippen LogP contribution in [0.1, 0.15) is 5.56 Å². The molecule has 0 heterocycles. The van der Waals surface area contributed by atoms with E-state index >= 15 is 0 Å². The van der Waals surface area contributed by atoms with E-state index in [1.165, 1.54) is 0 Å². The van der Waals surface area contributed by atoms with Crippen LogP contribution >= 0.6 is 31.9 Å². The first kappa shape index (κ1) is 21.5. The van der Waals surface area contributed by atoms with Gasteiger partial charge in [-0.3, -0.25) is 30.3 Å². The minimum absolute atomic E-state index is 0.187. The molecule has 2 rings (SSSR count). The number of nitro benzene ring substituents is 3. The van der Waals surface area contributed by atoms with Crippen molar-refractivity contribution in [2.75, 3.05) is 5.32 Å². The van der Waals surface area contributed by atoms with Crippen molar-refractivity contribution in [1.29, 1.82) is 0 Å². The molecule has 0 aromatic heterocycles. The zero-order valence-electron chi connectivity index (χ0n) is 13.0. The molecule has 0 aliphatic carbocycles. The number of nitrogens with zero attached hydrogens (tertiary/aromatic N) is 3. The van der Waals surface area contributed by atoms with E-state index in [-0.39, 0.29) is 14.6 Å². The van der Waals surface area contributed by atoms with Gasteiger partial charge in [-0.1, -0.05) is 0 Å². The third kappa shape index (κ3) is 4.36. The van der Waals surface area contributed by atoms with E-state index in [1.807, 2.05) is 0 Å². The summed E-state index contributed by atoms with van der Waals surface area (Å²) in [6.45, 7) is 0. The predicted octanol–water partition coefficient (Wildman–Crippen LogP) is 5.70. The van der Waals surface area contributed by atoms with Crippen LogP contribution in [0.25, 0.3) is 0 Å². The second-order valence-corrected chi connectivity index (χ2v) is 6.78. The van der Waals surface area contributed by atoms with Crippen molar-refractivity contribution < 1.29 is 27.9 Å². The van der Waals surface area contributed by atoms with Gasteiger partial charge in [-0.2, -0.15) is 13.2 Å². The number of non-ortho nitro benzene ring substituents is 1. The third-order valence-corrected chi connectivity index (χ3v) is 4.56. The lowest BCUT2D eigenvalue weighted by molar-refractivity contribution is -0.401. The van der Waals surface area contributed by atoms with E-state index in [0.717, 1.165) is 0 Å². The summed E-state index contributed by atoms with van der Waals surface area (Å²) in [5, 5.41) is 35.7. The molecular formula is C13H5Br2F3N4O6. The van der Waals surface area contributed by atoms with Gasteiger partial charge in [-0.05, 0) is 44.0 Å². The van der Waals surface area contributed by atoms with Gasteiger partial charge in [0.15, 0.2) is 5.69 Å². The molecule has 0 unspecified atom stereocenters. The first-order valence-electron chi connectivity index (χ1n) is 6.77. The summed E-state index contributed by atoms with van der Waals surface area (Å²) in [7, 11) is 0. The molecule has 0 atom stereocenters. The number of alkyl halides is 3. The van der Waals surface area contributed by atoms with Crippen molar-refractivity contribution in [3.8, 4) is 0 Å². The van der Waals surface area contributed by atoms with Gasteiger partial charge in [0.2, 0.25) is 0 Å². The van der Waals surface area contributed by atoms with E-state index in [1.54, 1.807) is 0 Å². The Balaban J connectivity index is 2.71. The Morgan fingerprint density at radius 1 is 0.786 bits per heavy atom. The fourth-order valence-corrected chi connectivity index (χ4v) is 3.48. The summed E-state index contributed by atoms with van der Waals surface area (Å²) < 4.78 is 38.2. The maximum atomic E-state index is 12.9. The molecule has 28 heavy (non-hydrogen) atoms. The highest BCUT2D eigenvalue weighted by atomic mass is 79.9. The average Bonchev–Trinajstić information content (AvgIpc) is 2.56. The van der Waals surface area contributed by atoms with Gasteiger partial charge in [0.25, 0.3) is 5.69 Å². The molecular weight excluding hydrogens is 525 g/mol. The quantitative estimate of drug-likeness (QED) is 0.386. The van der Waals surface area contributed by atoms with Crippen LogP contribution in [-0.4, -0.2) is 14.8 Å². The van der Waals surface area contributed by atoms with E-state index in [2.05, 4.69) is 37.2 Å². The van der Waals surface area contributed by atoms with Crippen LogP contribution in [0.15, 0.2) is 33.2 Å². The maximum Gasteiger partial charge on any atom is 0.416 e. The molecule has 2 aromatic carbocycles. The molecule has 0 spiro atoms. The standard InChI is InChI=1S/C13H5Br2F3N4O6/c14-7-1-5(13(16,17)18)2-8(15)11(7)19-12-9(21(25)26)3-6(20(23)24)4-10(12)22(27)28/h1-4,19H. The second kappa shape index (κ2) is 7.67. The Morgan fingerprint density at radius 2 is 1.21 bits per heavy atom. The highest BCUT2D eigenvalue weighted by molar-refractivity contribution is 9.11. The van der Waals surface area contributed by atoms with Crippen LogP contribution in [0.2, 0.25) is 0 Å². The lowest BCUT2D eigenvalue weighted by atomic mass is 10.1. The van der Waals surface area contributed by atoms with Gasteiger partial charge < -0.3 is 5.32 Å². The SMILES string of the molecule is O=[N+]([O-])c1cc([N+](=O)[O-])c(Nc2c(Br)cc(C(F)(F)F)cc2Br)c([N+](=O)[O-])c1. The molecule has 1 N–H and O–H groups in total. The van der Waals surface area contributed by atoms with Crippen molar-refractivity contribution in [2.45, 2.75) is 6.18 Å². The number of anilines is 2. The van der Waals surface area contributed by atoms with E-state index in [0.29, 0.717) is 24.3 Å². The Kier molecular flexibility index (Phi) is 5.88. The Labute approximate surface area is 169 Å². The van der Waals surface area contributed by atoms with Gasteiger partial charge in [-0.25, -0.2) is 0 Å². The largest absolute Gasteiger partial charge is 0.416 e. The maximum absolute atomic E-state index is 12.9. The van der Waals surface area contributed by atoms with Crippen molar-refractivity contribution in [1.82, 2.24) is 0 Å². The Bertz CT molecular complexity index is 956. The Morgan fingerprint density at radius 3 is 1.54 bits per heavy atom. The van der Waals surface area contributed by atoms with E-state index in [4.69, 9.17) is 0 Å². The first-order chi connectivity index (χ1) is 12.8. The van der Waals surface area contributed by atoms with E-state index < -0.39 is 49.3 Å². The first-order valence-corrected chi connectivity index (χ1v) is 8.36. The van der Waals surface area contributed by atoms with Gasteiger partial charge in [-0.15, -0.1) is 0 Å². The zero-order valence-corrected chi connectivity index (χ0v) is 16.2. The average molecular weight is 530 g/mol. The van der Waals surface area contributed by atoms with Crippen LogP contribution in [0, 0.1) is 30.3 Å². The van der Waals surface area contributed by atoms with Gasteiger partial charge in [0.1, 0.15) is 0 Å². The number of rotatable bonds is 5. The molecule has 0 aliphatic heterocycles. The predicted molar refractivity (Wildman–Crippen MR) is 96.5 cm³/mol. The molecule has 0 aliphatic rings. The second-order valence-electron chi connectivity index (χ2n) is 5.07. The summed E-state index contributed by atoms with van der Waals surface area (Å²) in [4.78, 5) is 30.2. The van der Waals surface area contributed by atoms with Crippen molar-refractivity contribution in [3.05, 3.63) is 69.1 Å². The number of benzene rings is 2. The molecule has 2 aromatic rings. The fourth-order valence-electron chi connectivity index (χ4n) is 2.10. The monoisotopic (exact) mass is 528 g/mol. The lowest BCUT2D eigenvalue weighted by Gasteiger charge is -2.14. The molecule has 10 nitrogen and oxygen atoms in total. The highest BCUT2D eigenvalue weighted by Crippen LogP contribution is 2.44.